The smallest absolute Gasteiger partial charge is 0.272 e. The number of benzene rings is 1. The number of nitrogens with zero attached hydrogens (tertiary/aromatic N) is 3. The van der Waals surface area contributed by atoms with Gasteiger partial charge in [0.2, 0.25) is 5.91 Å². The Morgan fingerprint density at radius 1 is 1.07 bits per heavy atom. The molecular formula is C21H20N4O3. The Bertz CT molecular complexity index is 1200. The molecule has 7 nitrogen and oxygen atoms in total. The Balaban J connectivity index is 1.42. The monoisotopic (exact) mass is 376 g/mol. The molecule has 2 aliphatic rings. The summed E-state index contributed by atoms with van der Waals surface area (Å²) in [4.78, 5) is 39.2. The van der Waals surface area contributed by atoms with E-state index in [1.807, 2.05) is 33.7 Å². The minimum Gasteiger partial charge on any atom is -0.340 e. The maximum absolute atomic E-state index is 13.0. The maximum Gasteiger partial charge on any atom is 0.272 e. The Hall–Kier alpha value is -3.22. The molecule has 0 saturated carbocycles. The Morgan fingerprint density at radius 2 is 1.89 bits per heavy atom. The molecule has 142 valence electrons. The normalized spacial score (nSPS) is 20.8. The molecule has 0 unspecified atom stereocenters. The van der Waals surface area contributed by atoms with Crippen LogP contribution >= 0.6 is 0 Å². The Morgan fingerprint density at radius 3 is 2.75 bits per heavy atom. The lowest BCUT2D eigenvalue weighted by molar-refractivity contribution is -0.133. The number of hydrogen-bond donors (Lipinski definition) is 1. The molecule has 1 saturated heterocycles. The largest absolute Gasteiger partial charge is 0.340 e. The minimum atomic E-state index is -0.254. The van der Waals surface area contributed by atoms with Gasteiger partial charge in [-0.2, -0.15) is 5.10 Å². The van der Waals surface area contributed by atoms with Crippen LogP contribution in [-0.2, 0) is 17.6 Å². The minimum absolute atomic E-state index is 0.00328. The van der Waals surface area contributed by atoms with E-state index >= 15 is 0 Å². The van der Waals surface area contributed by atoms with E-state index in [1.54, 1.807) is 18.2 Å². The van der Waals surface area contributed by atoms with E-state index in [2.05, 4.69) is 10.2 Å². The van der Waals surface area contributed by atoms with E-state index < -0.39 is 0 Å². The molecule has 0 aliphatic carbocycles. The summed E-state index contributed by atoms with van der Waals surface area (Å²) in [6.45, 7) is 1.23. The first-order valence-corrected chi connectivity index (χ1v) is 9.54. The second-order valence-electron chi connectivity index (χ2n) is 7.71. The van der Waals surface area contributed by atoms with Gasteiger partial charge in [0.25, 0.3) is 11.1 Å². The number of aromatic amines is 1. The second kappa shape index (κ2) is 6.44. The lowest BCUT2D eigenvalue weighted by atomic mass is 9.85. The number of aromatic nitrogens is 3. The number of amides is 1. The molecule has 3 aromatic rings. The van der Waals surface area contributed by atoms with E-state index in [9.17, 15) is 14.4 Å². The van der Waals surface area contributed by atoms with Crippen LogP contribution in [0.15, 0.2) is 52.1 Å². The first kappa shape index (κ1) is 16.9. The van der Waals surface area contributed by atoms with Crippen LogP contribution in [-0.4, -0.2) is 38.7 Å². The van der Waals surface area contributed by atoms with Crippen LogP contribution in [0, 0.1) is 5.92 Å². The molecule has 5 rings (SSSR count). The molecule has 1 amide bonds. The summed E-state index contributed by atoms with van der Waals surface area (Å²) in [5, 5.41) is 7.86. The standard InChI is InChI=1S/C21H20N4O3/c26-19-7-3-4-14-8-13-9-15(25(14)19)12-24(11-13)20(27)10-18-16-5-1-2-6-17(16)21(28)23-22-18/h1-7,13,15H,8-12H2,(H,23,28)/t13-,15+/m1/s1. The number of likely N-dealkylation sites (tertiary alicyclic amines) is 1. The number of nitrogens with one attached hydrogen (secondary N) is 1. The van der Waals surface area contributed by atoms with Gasteiger partial charge < -0.3 is 9.47 Å². The number of pyridine rings is 1. The molecule has 1 aromatic carbocycles. The van der Waals surface area contributed by atoms with Crippen molar-refractivity contribution in [1.82, 2.24) is 19.7 Å². The number of carbonyl (C=O) groups is 1. The predicted molar refractivity (Wildman–Crippen MR) is 104 cm³/mol. The Labute approximate surface area is 160 Å². The second-order valence-corrected chi connectivity index (χ2v) is 7.71. The average Bonchev–Trinajstić information content (AvgIpc) is 2.70. The maximum atomic E-state index is 13.0. The Kier molecular flexibility index (Phi) is 3.89. The summed E-state index contributed by atoms with van der Waals surface area (Å²) in [6, 6.07) is 12.6. The third-order valence-electron chi connectivity index (χ3n) is 5.90. The number of carbonyl (C=O) groups excluding carboxylic acids is 1. The van der Waals surface area contributed by atoms with Crippen LogP contribution in [0.3, 0.4) is 0 Å². The molecule has 7 heteroatoms. The highest BCUT2D eigenvalue weighted by atomic mass is 16.2. The van der Waals surface area contributed by atoms with E-state index in [1.165, 1.54) is 0 Å². The first-order valence-electron chi connectivity index (χ1n) is 9.54. The van der Waals surface area contributed by atoms with E-state index in [0.717, 1.165) is 18.5 Å². The van der Waals surface area contributed by atoms with E-state index in [-0.39, 0.29) is 29.5 Å². The topological polar surface area (TPSA) is 88.1 Å². The number of fused-ring (bicyclic) bond motifs is 5. The summed E-state index contributed by atoms with van der Waals surface area (Å²) >= 11 is 0. The molecular weight excluding hydrogens is 356 g/mol. The summed E-state index contributed by atoms with van der Waals surface area (Å²) in [5.41, 5.74) is 1.39. The van der Waals surface area contributed by atoms with Gasteiger partial charge in [-0.3, -0.25) is 14.4 Å². The van der Waals surface area contributed by atoms with Gasteiger partial charge in [-0.05, 0) is 30.9 Å². The molecule has 2 aliphatic heterocycles. The molecule has 28 heavy (non-hydrogen) atoms. The number of rotatable bonds is 2. The molecule has 0 radical (unpaired) electrons. The van der Waals surface area contributed by atoms with Crippen molar-refractivity contribution in [2.24, 2.45) is 5.92 Å². The third-order valence-corrected chi connectivity index (χ3v) is 5.90. The van der Waals surface area contributed by atoms with Crippen molar-refractivity contribution in [1.29, 1.82) is 0 Å². The van der Waals surface area contributed by atoms with Crippen LogP contribution in [0.2, 0.25) is 0 Å². The summed E-state index contributed by atoms with van der Waals surface area (Å²) in [7, 11) is 0. The number of hydrogen-bond acceptors (Lipinski definition) is 4. The number of H-pyrrole nitrogens is 1. The molecule has 2 bridgehead atoms. The molecule has 2 aromatic heterocycles. The van der Waals surface area contributed by atoms with Crippen molar-refractivity contribution in [2.75, 3.05) is 13.1 Å². The fraction of sp³-hybridized carbons (Fsp3) is 0.333. The highest BCUT2D eigenvalue weighted by Crippen LogP contribution is 2.33. The van der Waals surface area contributed by atoms with Crippen LogP contribution in [0.4, 0.5) is 0 Å². The van der Waals surface area contributed by atoms with Crippen LogP contribution in [0.1, 0.15) is 23.9 Å². The summed E-state index contributed by atoms with van der Waals surface area (Å²) in [6.07, 6.45) is 1.88. The lowest BCUT2D eigenvalue weighted by Crippen LogP contribution is -2.50. The molecule has 0 spiro atoms. The quantitative estimate of drug-likeness (QED) is 0.730. The van der Waals surface area contributed by atoms with Crippen LogP contribution in [0.5, 0.6) is 0 Å². The molecule has 1 N–H and O–H groups in total. The number of piperidine rings is 1. The van der Waals surface area contributed by atoms with E-state index in [4.69, 9.17) is 0 Å². The lowest BCUT2D eigenvalue weighted by Gasteiger charge is -2.43. The zero-order valence-electron chi connectivity index (χ0n) is 15.3. The van der Waals surface area contributed by atoms with Gasteiger partial charge in [-0.15, -0.1) is 0 Å². The highest BCUT2D eigenvalue weighted by Gasteiger charge is 2.36. The molecule has 1 fully saturated rings. The van der Waals surface area contributed by atoms with Crippen molar-refractivity contribution in [3.05, 3.63) is 74.6 Å². The van der Waals surface area contributed by atoms with Gasteiger partial charge in [0.1, 0.15) is 0 Å². The van der Waals surface area contributed by atoms with E-state index in [0.29, 0.717) is 35.5 Å². The fourth-order valence-electron chi connectivity index (χ4n) is 4.69. The van der Waals surface area contributed by atoms with Crippen LogP contribution < -0.4 is 11.1 Å². The van der Waals surface area contributed by atoms with Gasteiger partial charge >= 0.3 is 0 Å². The first-order chi connectivity index (χ1) is 13.6. The predicted octanol–water partition coefficient (Wildman–Crippen LogP) is 1.27. The van der Waals surface area contributed by atoms with Gasteiger partial charge in [0.15, 0.2) is 0 Å². The van der Waals surface area contributed by atoms with Gasteiger partial charge in [-0.1, -0.05) is 24.3 Å². The zero-order chi connectivity index (χ0) is 19.3. The summed E-state index contributed by atoms with van der Waals surface area (Å²) < 4.78 is 1.85. The van der Waals surface area contributed by atoms with Crippen molar-refractivity contribution < 1.29 is 4.79 Å². The van der Waals surface area contributed by atoms with Crippen molar-refractivity contribution in [3.63, 3.8) is 0 Å². The van der Waals surface area contributed by atoms with Crippen molar-refractivity contribution >= 4 is 16.7 Å². The molecule has 2 atom stereocenters. The van der Waals surface area contributed by atoms with Gasteiger partial charge in [0, 0.05) is 30.2 Å². The van der Waals surface area contributed by atoms with Crippen LogP contribution in [0.25, 0.3) is 10.8 Å². The van der Waals surface area contributed by atoms with Crippen molar-refractivity contribution in [2.45, 2.75) is 25.3 Å². The van der Waals surface area contributed by atoms with Gasteiger partial charge in [0.05, 0.1) is 23.5 Å². The highest BCUT2D eigenvalue weighted by molar-refractivity contribution is 5.88. The molecule has 4 heterocycles. The summed E-state index contributed by atoms with van der Waals surface area (Å²) in [5.74, 6) is 0.344. The average molecular weight is 376 g/mol. The van der Waals surface area contributed by atoms with Gasteiger partial charge in [-0.25, -0.2) is 5.10 Å². The third kappa shape index (κ3) is 2.74. The zero-order valence-corrected chi connectivity index (χ0v) is 15.3. The fourth-order valence-corrected chi connectivity index (χ4v) is 4.69. The SMILES string of the molecule is O=C(Cc1n[nH]c(=O)c2ccccc12)N1C[C@@H]2Cc3cccc(=O)n3[C@@H](C2)C1. The van der Waals surface area contributed by atoms with Crippen molar-refractivity contribution in [3.8, 4) is 0 Å².